The van der Waals surface area contributed by atoms with Crippen molar-refractivity contribution in [3.8, 4) is 0 Å². The fourth-order valence-corrected chi connectivity index (χ4v) is 1.91. The Morgan fingerprint density at radius 2 is 2.17 bits per heavy atom. The smallest absolute Gasteiger partial charge is 0.162 e. The molecule has 0 saturated carbocycles. The SMILES string of the molecule is O=C(CCCOC1CCOC1)c1ccc(F)cc1. The Hall–Kier alpha value is -1.26. The Morgan fingerprint density at radius 1 is 1.39 bits per heavy atom. The van der Waals surface area contributed by atoms with E-state index >= 15 is 0 Å². The predicted octanol–water partition coefficient (Wildman–Crippen LogP) is 2.59. The number of hydrogen-bond donors (Lipinski definition) is 0. The second kappa shape index (κ2) is 6.61. The van der Waals surface area contributed by atoms with Gasteiger partial charge in [0.2, 0.25) is 0 Å². The summed E-state index contributed by atoms with van der Waals surface area (Å²) < 4.78 is 23.4. The third-order valence-corrected chi connectivity index (χ3v) is 2.96. The zero-order valence-electron chi connectivity index (χ0n) is 10.2. The van der Waals surface area contributed by atoms with Crippen molar-refractivity contribution >= 4 is 5.78 Å². The Kier molecular flexibility index (Phi) is 4.84. The van der Waals surface area contributed by atoms with Crippen molar-refractivity contribution in [2.75, 3.05) is 19.8 Å². The van der Waals surface area contributed by atoms with Crippen molar-refractivity contribution in [1.82, 2.24) is 0 Å². The van der Waals surface area contributed by atoms with Gasteiger partial charge in [0, 0.05) is 25.2 Å². The summed E-state index contributed by atoms with van der Waals surface area (Å²) in [5.41, 5.74) is 0.556. The molecule has 1 aliphatic heterocycles. The predicted molar refractivity (Wildman–Crippen MR) is 65.1 cm³/mol. The Bertz CT molecular complexity index is 383. The summed E-state index contributed by atoms with van der Waals surface area (Å²) >= 11 is 0. The van der Waals surface area contributed by atoms with E-state index in [1.54, 1.807) is 0 Å². The standard InChI is InChI=1S/C14H17FO3/c15-12-5-3-11(4-6-12)14(16)2-1-8-18-13-7-9-17-10-13/h3-6,13H,1-2,7-10H2. The van der Waals surface area contributed by atoms with Gasteiger partial charge >= 0.3 is 0 Å². The van der Waals surface area contributed by atoms with E-state index in [1.807, 2.05) is 0 Å². The number of ketones is 1. The van der Waals surface area contributed by atoms with Crippen LogP contribution in [0.5, 0.6) is 0 Å². The lowest BCUT2D eigenvalue weighted by atomic mass is 10.1. The summed E-state index contributed by atoms with van der Waals surface area (Å²) in [6.45, 7) is 1.99. The lowest BCUT2D eigenvalue weighted by Crippen LogP contribution is -2.13. The largest absolute Gasteiger partial charge is 0.379 e. The van der Waals surface area contributed by atoms with Crippen LogP contribution in [0.1, 0.15) is 29.6 Å². The average Bonchev–Trinajstić information content (AvgIpc) is 2.88. The van der Waals surface area contributed by atoms with Gasteiger partial charge in [-0.3, -0.25) is 4.79 Å². The monoisotopic (exact) mass is 252 g/mol. The van der Waals surface area contributed by atoms with Crippen molar-refractivity contribution in [3.05, 3.63) is 35.6 Å². The molecular weight excluding hydrogens is 235 g/mol. The first-order chi connectivity index (χ1) is 8.75. The number of Topliss-reactive ketones (excluding diaryl/α,β-unsaturated/α-hetero) is 1. The number of carbonyl (C=O) groups is 1. The number of carbonyl (C=O) groups excluding carboxylic acids is 1. The minimum absolute atomic E-state index is 0.0290. The zero-order chi connectivity index (χ0) is 12.8. The van der Waals surface area contributed by atoms with Crippen molar-refractivity contribution in [3.63, 3.8) is 0 Å². The molecule has 1 unspecified atom stereocenters. The summed E-state index contributed by atoms with van der Waals surface area (Å²) in [6, 6.07) is 5.64. The Morgan fingerprint density at radius 3 is 2.83 bits per heavy atom. The van der Waals surface area contributed by atoms with E-state index in [2.05, 4.69) is 0 Å². The lowest BCUT2D eigenvalue weighted by molar-refractivity contribution is 0.0403. The molecule has 0 radical (unpaired) electrons. The van der Waals surface area contributed by atoms with Gasteiger partial charge in [-0.25, -0.2) is 4.39 Å². The second-order valence-electron chi connectivity index (χ2n) is 4.39. The highest BCUT2D eigenvalue weighted by Gasteiger charge is 2.15. The maximum atomic E-state index is 12.7. The van der Waals surface area contributed by atoms with Gasteiger partial charge in [-0.05, 0) is 37.1 Å². The fourth-order valence-electron chi connectivity index (χ4n) is 1.91. The van der Waals surface area contributed by atoms with E-state index in [9.17, 15) is 9.18 Å². The molecule has 1 aromatic carbocycles. The van der Waals surface area contributed by atoms with Gasteiger partial charge < -0.3 is 9.47 Å². The highest BCUT2D eigenvalue weighted by molar-refractivity contribution is 5.95. The van der Waals surface area contributed by atoms with Gasteiger partial charge in [0.25, 0.3) is 0 Å². The fraction of sp³-hybridized carbons (Fsp3) is 0.500. The molecule has 1 heterocycles. The first-order valence-corrected chi connectivity index (χ1v) is 6.24. The summed E-state index contributed by atoms with van der Waals surface area (Å²) in [5.74, 6) is -0.294. The minimum atomic E-state index is -0.323. The number of halogens is 1. The molecule has 0 aromatic heterocycles. The lowest BCUT2D eigenvalue weighted by Gasteiger charge is -2.09. The van der Waals surface area contributed by atoms with E-state index in [1.165, 1.54) is 24.3 Å². The van der Waals surface area contributed by atoms with Crippen LogP contribution in [0.4, 0.5) is 4.39 Å². The third kappa shape index (κ3) is 3.89. The molecular formula is C14H17FO3. The molecule has 0 aliphatic carbocycles. The van der Waals surface area contributed by atoms with E-state index in [0.29, 0.717) is 31.6 Å². The molecule has 0 spiro atoms. The summed E-state index contributed by atoms with van der Waals surface area (Å²) in [7, 11) is 0. The summed E-state index contributed by atoms with van der Waals surface area (Å²) in [6.07, 6.45) is 2.24. The van der Waals surface area contributed by atoms with Crippen LogP contribution in [0.2, 0.25) is 0 Å². The van der Waals surface area contributed by atoms with Crippen molar-refractivity contribution in [2.24, 2.45) is 0 Å². The molecule has 1 aromatic rings. The molecule has 1 aliphatic rings. The first kappa shape index (κ1) is 13.2. The maximum absolute atomic E-state index is 12.7. The van der Waals surface area contributed by atoms with Gasteiger partial charge in [0.05, 0.1) is 12.7 Å². The molecule has 0 bridgehead atoms. The number of rotatable bonds is 6. The summed E-state index contributed by atoms with van der Waals surface area (Å²) in [4.78, 5) is 11.7. The molecule has 4 heteroatoms. The number of ether oxygens (including phenoxy) is 2. The molecule has 1 saturated heterocycles. The zero-order valence-corrected chi connectivity index (χ0v) is 10.2. The molecule has 0 amide bonds. The van der Waals surface area contributed by atoms with E-state index < -0.39 is 0 Å². The van der Waals surface area contributed by atoms with E-state index in [0.717, 1.165) is 13.0 Å². The van der Waals surface area contributed by atoms with Crippen molar-refractivity contribution in [1.29, 1.82) is 0 Å². The van der Waals surface area contributed by atoms with Gasteiger partial charge in [-0.15, -0.1) is 0 Å². The van der Waals surface area contributed by atoms with Crippen molar-refractivity contribution < 1.29 is 18.7 Å². The Balaban J connectivity index is 1.66. The maximum Gasteiger partial charge on any atom is 0.162 e. The average molecular weight is 252 g/mol. The van der Waals surface area contributed by atoms with Crippen LogP contribution in [-0.2, 0) is 9.47 Å². The van der Waals surface area contributed by atoms with Gasteiger partial charge in [-0.2, -0.15) is 0 Å². The first-order valence-electron chi connectivity index (χ1n) is 6.24. The third-order valence-electron chi connectivity index (χ3n) is 2.96. The molecule has 1 atom stereocenters. The molecule has 1 fully saturated rings. The highest BCUT2D eigenvalue weighted by atomic mass is 19.1. The topological polar surface area (TPSA) is 35.5 Å². The van der Waals surface area contributed by atoms with Gasteiger partial charge in [-0.1, -0.05) is 0 Å². The second-order valence-corrected chi connectivity index (χ2v) is 4.39. The number of benzene rings is 1. The van der Waals surface area contributed by atoms with Crippen LogP contribution in [0.3, 0.4) is 0 Å². The van der Waals surface area contributed by atoms with Crippen molar-refractivity contribution in [2.45, 2.75) is 25.4 Å². The van der Waals surface area contributed by atoms with Gasteiger partial charge in [0.15, 0.2) is 5.78 Å². The minimum Gasteiger partial charge on any atom is -0.379 e. The van der Waals surface area contributed by atoms with Gasteiger partial charge in [0.1, 0.15) is 5.82 Å². The van der Waals surface area contributed by atoms with Crippen LogP contribution in [0.15, 0.2) is 24.3 Å². The summed E-state index contributed by atoms with van der Waals surface area (Å²) in [5, 5.41) is 0. The van der Waals surface area contributed by atoms with Crippen LogP contribution < -0.4 is 0 Å². The highest BCUT2D eigenvalue weighted by Crippen LogP contribution is 2.10. The van der Waals surface area contributed by atoms with Crippen LogP contribution >= 0.6 is 0 Å². The molecule has 3 nitrogen and oxygen atoms in total. The molecule has 98 valence electrons. The Labute approximate surface area is 106 Å². The molecule has 2 rings (SSSR count). The van der Waals surface area contributed by atoms with E-state index in [4.69, 9.17) is 9.47 Å². The molecule has 0 N–H and O–H groups in total. The van der Waals surface area contributed by atoms with E-state index in [-0.39, 0.29) is 17.7 Å². The molecule has 18 heavy (non-hydrogen) atoms. The van der Waals surface area contributed by atoms with Crippen LogP contribution in [0, 0.1) is 5.82 Å². The van der Waals surface area contributed by atoms with Crippen LogP contribution in [-0.4, -0.2) is 31.7 Å². The quantitative estimate of drug-likeness (QED) is 0.576. The normalized spacial score (nSPS) is 19.1. The van der Waals surface area contributed by atoms with Crippen LogP contribution in [0.25, 0.3) is 0 Å². The number of hydrogen-bond acceptors (Lipinski definition) is 3.